The predicted octanol–water partition coefficient (Wildman–Crippen LogP) is 4.07. The smallest absolute Gasteiger partial charge is 0.231 e. The minimum absolute atomic E-state index is 0.0323. The van der Waals surface area contributed by atoms with Crippen LogP contribution in [0.25, 0.3) is 6.08 Å². The van der Waals surface area contributed by atoms with Gasteiger partial charge in [-0.15, -0.1) is 0 Å². The topological polar surface area (TPSA) is 35.5 Å². The van der Waals surface area contributed by atoms with Crippen molar-refractivity contribution in [3.8, 4) is 11.5 Å². The van der Waals surface area contributed by atoms with Crippen molar-refractivity contribution in [1.82, 2.24) is 0 Å². The third-order valence-corrected chi connectivity index (χ3v) is 3.48. The molecule has 0 N–H and O–H groups in total. The van der Waals surface area contributed by atoms with Crippen LogP contribution in [0.4, 0.5) is 0 Å². The fraction of sp³-hybridized carbons (Fsp3) is 0.0625. The molecule has 0 spiro atoms. The lowest BCUT2D eigenvalue weighted by Crippen LogP contribution is -1.93. The number of rotatable bonds is 3. The first-order valence-electron chi connectivity index (χ1n) is 6.10. The summed E-state index contributed by atoms with van der Waals surface area (Å²) < 4.78 is 11.5. The van der Waals surface area contributed by atoms with Gasteiger partial charge >= 0.3 is 0 Å². The summed E-state index contributed by atoms with van der Waals surface area (Å²) in [7, 11) is 0. The molecule has 0 radical (unpaired) electrons. The quantitative estimate of drug-likeness (QED) is 0.628. The summed E-state index contributed by atoms with van der Waals surface area (Å²) in [5.74, 6) is 1.42. The number of fused-ring (bicyclic) bond motifs is 1. The largest absolute Gasteiger partial charge is 0.454 e. The molecular weight excluding hydrogens is 320 g/mol. The number of hydrogen-bond acceptors (Lipinski definition) is 3. The predicted molar refractivity (Wildman–Crippen MR) is 80.1 cm³/mol. The van der Waals surface area contributed by atoms with Crippen molar-refractivity contribution in [3.63, 3.8) is 0 Å². The second-order valence-electron chi connectivity index (χ2n) is 4.32. The zero-order chi connectivity index (χ0) is 13.9. The third kappa shape index (κ3) is 2.75. The number of carbonyl (C=O) groups is 1. The van der Waals surface area contributed by atoms with Gasteiger partial charge < -0.3 is 9.47 Å². The highest BCUT2D eigenvalue weighted by Gasteiger charge is 2.12. The van der Waals surface area contributed by atoms with Gasteiger partial charge in [-0.25, -0.2) is 0 Å². The number of benzene rings is 2. The molecule has 0 bridgehead atoms. The van der Waals surface area contributed by atoms with Crippen LogP contribution in [0, 0.1) is 0 Å². The molecule has 0 unspecified atom stereocenters. The molecule has 2 aromatic rings. The van der Waals surface area contributed by atoms with E-state index in [1.165, 1.54) is 0 Å². The molecular formula is C16H11BrO3. The number of carbonyl (C=O) groups excluding carboxylic acids is 1. The Bertz CT molecular complexity index is 675. The third-order valence-electron chi connectivity index (χ3n) is 2.95. The summed E-state index contributed by atoms with van der Waals surface area (Å²) in [5.41, 5.74) is 1.56. The Morgan fingerprint density at radius 1 is 1.05 bits per heavy atom. The second kappa shape index (κ2) is 5.51. The Kier molecular flexibility index (Phi) is 3.56. The molecule has 4 heteroatoms. The van der Waals surface area contributed by atoms with Crippen LogP contribution in [0.15, 0.2) is 53.0 Å². The van der Waals surface area contributed by atoms with Crippen molar-refractivity contribution in [2.24, 2.45) is 0 Å². The van der Waals surface area contributed by atoms with Gasteiger partial charge in [0.2, 0.25) is 6.79 Å². The van der Waals surface area contributed by atoms with Gasteiger partial charge in [0.25, 0.3) is 0 Å². The van der Waals surface area contributed by atoms with E-state index in [2.05, 4.69) is 15.9 Å². The molecule has 0 aliphatic carbocycles. The van der Waals surface area contributed by atoms with Gasteiger partial charge in [0.15, 0.2) is 17.3 Å². The highest BCUT2D eigenvalue weighted by atomic mass is 79.9. The molecule has 100 valence electrons. The lowest BCUT2D eigenvalue weighted by atomic mass is 10.1. The van der Waals surface area contributed by atoms with E-state index in [9.17, 15) is 4.79 Å². The molecule has 20 heavy (non-hydrogen) atoms. The summed E-state index contributed by atoms with van der Waals surface area (Å²) in [6.07, 6.45) is 3.33. The Labute approximate surface area is 125 Å². The van der Waals surface area contributed by atoms with E-state index < -0.39 is 0 Å². The van der Waals surface area contributed by atoms with Crippen molar-refractivity contribution < 1.29 is 14.3 Å². The molecule has 2 aromatic carbocycles. The molecule has 1 aliphatic heterocycles. The Morgan fingerprint density at radius 3 is 2.60 bits per heavy atom. The van der Waals surface area contributed by atoms with Crippen LogP contribution >= 0.6 is 15.9 Å². The average molecular weight is 331 g/mol. The van der Waals surface area contributed by atoms with Gasteiger partial charge in [-0.3, -0.25) is 4.79 Å². The highest BCUT2D eigenvalue weighted by Crippen LogP contribution is 2.32. The highest BCUT2D eigenvalue weighted by molar-refractivity contribution is 9.10. The van der Waals surface area contributed by atoms with Gasteiger partial charge in [0, 0.05) is 10.0 Å². The zero-order valence-electron chi connectivity index (χ0n) is 10.5. The molecule has 0 atom stereocenters. The number of hydrogen-bond donors (Lipinski definition) is 0. The number of halogens is 1. The maximum absolute atomic E-state index is 12.0. The van der Waals surface area contributed by atoms with Crippen molar-refractivity contribution >= 4 is 27.8 Å². The number of ketones is 1. The van der Waals surface area contributed by atoms with Gasteiger partial charge in [-0.1, -0.05) is 28.1 Å². The normalized spacial score (nSPS) is 12.8. The fourth-order valence-corrected chi connectivity index (χ4v) is 2.16. The molecule has 3 rings (SSSR count). The number of allylic oxidation sites excluding steroid dienone is 1. The van der Waals surface area contributed by atoms with Gasteiger partial charge in [0.1, 0.15) is 0 Å². The second-order valence-corrected chi connectivity index (χ2v) is 5.23. The lowest BCUT2D eigenvalue weighted by molar-refractivity contribution is 0.104. The van der Waals surface area contributed by atoms with E-state index in [1.54, 1.807) is 24.3 Å². The van der Waals surface area contributed by atoms with Crippen LogP contribution in [0.2, 0.25) is 0 Å². The standard InChI is InChI=1S/C16H11BrO3/c17-13-5-3-12(4-6-13)14(18)7-1-11-2-8-15-16(9-11)20-10-19-15/h1-9H,10H2/b7-1-. The Balaban J connectivity index is 1.76. The van der Waals surface area contributed by atoms with Gasteiger partial charge in [-0.05, 0) is 48.0 Å². The summed E-state index contributed by atoms with van der Waals surface area (Å²) >= 11 is 3.34. The fourth-order valence-electron chi connectivity index (χ4n) is 1.90. The van der Waals surface area contributed by atoms with E-state index in [-0.39, 0.29) is 12.6 Å². The van der Waals surface area contributed by atoms with Gasteiger partial charge in [-0.2, -0.15) is 0 Å². The van der Waals surface area contributed by atoms with Crippen LogP contribution < -0.4 is 9.47 Å². The van der Waals surface area contributed by atoms with Crippen LogP contribution in [0.1, 0.15) is 15.9 Å². The van der Waals surface area contributed by atoms with E-state index >= 15 is 0 Å². The average Bonchev–Trinajstić information content (AvgIpc) is 2.93. The van der Waals surface area contributed by atoms with E-state index in [0.717, 1.165) is 15.8 Å². The molecule has 0 amide bonds. The van der Waals surface area contributed by atoms with Crippen LogP contribution in [0.3, 0.4) is 0 Å². The van der Waals surface area contributed by atoms with Crippen LogP contribution in [-0.2, 0) is 0 Å². The zero-order valence-corrected chi connectivity index (χ0v) is 12.1. The Hall–Kier alpha value is -2.07. The summed E-state index contributed by atoms with van der Waals surface area (Å²) in [5, 5.41) is 0. The first kappa shape index (κ1) is 12.9. The molecule has 0 saturated heterocycles. The van der Waals surface area contributed by atoms with Crippen molar-refractivity contribution in [2.45, 2.75) is 0 Å². The van der Waals surface area contributed by atoms with E-state index in [0.29, 0.717) is 11.3 Å². The van der Waals surface area contributed by atoms with Crippen molar-refractivity contribution in [1.29, 1.82) is 0 Å². The molecule has 0 fully saturated rings. The van der Waals surface area contributed by atoms with E-state index in [1.807, 2.05) is 30.3 Å². The maximum Gasteiger partial charge on any atom is 0.231 e. The number of ether oxygens (including phenoxy) is 2. The maximum atomic E-state index is 12.0. The summed E-state index contributed by atoms with van der Waals surface area (Å²) in [6, 6.07) is 12.9. The van der Waals surface area contributed by atoms with Crippen LogP contribution in [0.5, 0.6) is 11.5 Å². The SMILES string of the molecule is O=C(/C=C\c1ccc2c(c1)OCO2)c1ccc(Br)cc1. The van der Waals surface area contributed by atoms with Crippen LogP contribution in [-0.4, -0.2) is 12.6 Å². The molecule has 0 aromatic heterocycles. The summed E-state index contributed by atoms with van der Waals surface area (Å²) in [4.78, 5) is 12.0. The van der Waals surface area contributed by atoms with Crippen molar-refractivity contribution in [3.05, 3.63) is 64.1 Å². The minimum Gasteiger partial charge on any atom is -0.454 e. The van der Waals surface area contributed by atoms with E-state index in [4.69, 9.17) is 9.47 Å². The minimum atomic E-state index is -0.0323. The lowest BCUT2D eigenvalue weighted by Gasteiger charge is -1.98. The Morgan fingerprint density at radius 2 is 1.80 bits per heavy atom. The van der Waals surface area contributed by atoms with Crippen molar-refractivity contribution in [2.75, 3.05) is 6.79 Å². The molecule has 3 nitrogen and oxygen atoms in total. The molecule has 0 saturated carbocycles. The molecule has 1 heterocycles. The van der Waals surface area contributed by atoms with Gasteiger partial charge in [0.05, 0.1) is 0 Å². The molecule has 1 aliphatic rings. The summed E-state index contributed by atoms with van der Waals surface area (Å²) in [6.45, 7) is 0.250. The first-order valence-corrected chi connectivity index (χ1v) is 6.89. The monoisotopic (exact) mass is 330 g/mol. The first-order chi connectivity index (χ1) is 9.72.